The van der Waals surface area contributed by atoms with Gasteiger partial charge in [-0.05, 0) is 44.6 Å². The van der Waals surface area contributed by atoms with E-state index in [9.17, 15) is 9.90 Å². The SMILES string of the molecule is CCOC1CC(O)C12CCN(C(=O)CC1(CN)CCCCC1)CC2.Cl. The van der Waals surface area contributed by atoms with Gasteiger partial charge in [-0.2, -0.15) is 0 Å². The standard InChI is InChI=1S/C19H34N2O3.ClH/c1-2-24-16-12-15(22)19(16)8-10-21(11-9-19)17(23)13-18(14-20)6-4-3-5-7-18;/h15-16,22H,2-14,20H2,1H3;1H. The Morgan fingerprint density at radius 1 is 1.20 bits per heavy atom. The molecule has 1 aliphatic heterocycles. The van der Waals surface area contributed by atoms with Crippen molar-refractivity contribution in [3.63, 3.8) is 0 Å². The number of halogens is 1. The van der Waals surface area contributed by atoms with Gasteiger partial charge < -0.3 is 20.5 Å². The second-order valence-corrected chi connectivity index (χ2v) is 8.25. The van der Waals surface area contributed by atoms with E-state index in [1.807, 2.05) is 11.8 Å². The third-order valence-corrected chi connectivity index (χ3v) is 7.03. The second-order valence-electron chi connectivity index (χ2n) is 8.25. The molecule has 1 spiro atoms. The van der Waals surface area contributed by atoms with E-state index in [0.29, 0.717) is 19.6 Å². The Hall–Kier alpha value is -0.360. The van der Waals surface area contributed by atoms with Gasteiger partial charge in [0, 0.05) is 38.0 Å². The number of hydrogen-bond donors (Lipinski definition) is 2. The van der Waals surface area contributed by atoms with Crippen molar-refractivity contribution in [2.24, 2.45) is 16.6 Å². The molecular formula is C19H35ClN2O3. The van der Waals surface area contributed by atoms with Gasteiger partial charge in [-0.3, -0.25) is 4.79 Å². The van der Waals surface area contributed by atoms with Crippen molar-refractivity contribution in [1.82, 2.24) is 4.90 Å². The lowest BCUT2D eigenvalue weighted by molar-refractivity contribution is -0.210. The van der Waals surface area contributed by atoms with E-state index >= 15 is 0 Å². The highest BCUT2D eigenvalue weighted by Crippen LogP contribution is 2.51. The number of rotatable bonds is 5. The first kappa shape index (κ1) is 20.9. The molecule has 1 heterocycles. The lowest BCUT2D eigenvalue weighted by atomic mass is 9.58. The minimum Gasteiger partial charge on any atom is -0.392 e. The van der Waals surface area contributed by atoms with Crippen LogP contribution in [0.25, 0.3) is 0 Å². The van der Waals surface area contributed by atoms with Crippen molar-refractivity contribution in [1.29, 1.82) is 0 Å². The van der Waals surface area contributed by atoms with E-state index in [2.05, 4.69) is 0 Å². The fraction of sp³-hybridized carbons (Fsp3) is 0.947. The highest BCUT2D eigenvalue weighted by atomic mass is 35.5. The first-order chi connectivity index (χ1) is 11.6. The molecule has 3 aliphatic rings. The van der Waals surface area contributed by atoms with Gasteiger partial charge in [0.05, 0.1) is 12.2 Å². The maximum absolute atomic E-state index is 12.8. The van der Waals surface area contributed by atoms with Crippen LogP contribution in [0, 0.1) is 10.8 Å². The Balaban J connectivity index is 0.00000225. The molecule has 0 aromatic rings. The van der Waals surface area contributed by atoms with E-state index in [4.69, 9.17) is 10.5 Å². The molecule has 1 saturated heterocycles. The number of ether oxygens (including phenoxy) is 1. The predicted molar refractivity (Wildman–Crippen MR) is 101 cm³/mol. The fourth-order valence-electron chi connectivity index (χ4n) is 5.18. The maximum Gasteiger partial charge on any atom is 0.223 e. The quantitative estimate of drug-likeness (QED) is 0.775. The summed E-state index contributed by atoms with van der Waals surface area (Å²) in [7, 11) is 0. The van der Waals surface area contributed by atoms with Gasteiger partial charge in [-0.1, -0.05) is 19.3 Å². The molecule has 2 unspecified atom stereocenters. The zero-order chi connectivity index (χ0) is 17.2. The number of carbonyl (C=O) groups excluding carboxylic acids is 1. The van der Waals surface area contributed by atoms with Crippen LogP contribution in [0.3, 0.4) is 0 Å². The average Bonchev–Trinajstić information content (AvgIpc) is 2.62. The molecule has 146 valence electrons. The number of likely N-dealkylation sites (tertiary alicyclic amines) is 1. The van der Waals surface area contributed by atoms with Crippen LogP contribution in [-0.4, -0.2) is 54.4 Å². The second kappa shape index (κ2) is 8.55. The first-order valence-corrected chi connectivity index (χ1v) is 9.83. The molecule has 25 heavy (non-hydrogen) atoms. The Morgan fingerprint density at radius 2 is 1.84 bits per heavy atom. The van der Waals surface area contributed by atoms with Gasteiger partial charge in [0.2, 0.25) is 5.91 Å². The van der Waals surface area contributed by atoms with Gasteiger partial charge in [0.25, 0.3) is 0 Å². The largest absolute Gasteiger partial charge is 0.392 e. The number of aliphatic hydroxyl groups is 1. The molecule has 1 amide bonds. The summed E-state index contributed by atoms with van der Waals surface area (Å²) in [6, 6.07) is 0. The Labute approximate surface area is 158 Å². The number of hydrogen-bond acceptors (Lipinski definition) is 4. The first-order valence-electron chi connectivity index (χ1n) is 9.83. The summed E-state index contributed by atoms with van der Waals surface area (Å²) in [5.41, 5.74) is 5.97. The number of nitrogens with zero attached hydrogens (tertiary/aromatic N) is 1. The molecular weight excluding hydrogens is 340 g/mol. The van der Waals surface area contributed by atoms with E-state index in [1.165, 1.54) is 19.3 Å². The van der Waals surface area contributed by atoms with Crippen LogP contribution in [0.4, 0.5) is 0 Å². The van der Waals surface area contributed by atoms with E-state index in [1.54, 1.807) is 0 Å². The van der Waals surface area contributed by atoms with Crippen LogP contribution in [0.15, 0.2) is 0 Å². The molecule has 3 rings (SSSR count). The van der Waals surface area contributed by atoms with E-state index in [0.717, 1.165) is 45.2 Å². The van der Waals surface area contributed by atoms with Crippen molar-refractivity contribution in [3.8, 4) is 0 Å². The zero-order valence-electron chi connectivity index (χ0n) is 15.5. The van der Waals surface area contributed by atoms with E-state index < -0.39 is 0 Å². The van der Waals surface area contributed by atoms with Crippen molar-refractivity contribution < 1.29 is 14.6 Å². The predicted octanol–water partition coefficient (Wildman–Crippen LogP) is 2.49. The third-order valence-electron chi connectivity index (χ3n) is 7.03. The zero-order valence-corrected chi connectivity index (χ0v) is 16.4. The molecule has 0 aromatic heterocycles. The molecule has 2 atom stereocenters. The summed E-state index contributed by atoms with van der Waals surface area (Å²) in [5.74, 6) is 0.263. The fourth-order valence-corrected chi connectivity index (χ4v) is 5.18. The van der Waals surface area contributed by atoms with E-state index in [-0.39, 0.29) is 41.4 Å². The minimum absolute atomic E-state index is 0. The summed E-state index contributed by atoms with van der Waals surface area (Å²) in [5, 5.41) is 10.3. The van der Waals surface area contributed by atoms with Gasteiger partial charge in [0.1, 0.15) is 0 Å². The maximum atomic E-state index is 12.8. The smallest absolute Gasteiger partial charge is 0.223 e. The summed E-state index contributed by atoms with van der Waals surface area (Å²) in [6.45, 7) is 4.83. The number of nitrogens with two attached hydrogens (primary N) is 1. The number of aliphatic hydroxyl groups excluding tert-OH is 1. The molecule has 0 aromatic carbocycles. The Bertz CT molecular complexity index is 444. The molecule has 0 bridgehead atoms. The summed E-state index contributed by atoms with van der Waals surface area (Å²) >= 11 is 0. The molecule has 2 aliphatic carbocycles. The molecule has 3 fully saturated rings. The lowest BCUT2D eigenvalue weighted by Gasteiger charge is -2.56. The van der Waals surface area contributed by atoms with Crippen LogP contribution >= 0.6 is 12.4 Å². The number of carbonyl (C=O) groups is 1. The summed E-state index contributed by atoms with van der Waals surface area (Å²) in [4.78, 5) is 14.8. The highest BCUT2D eigenvalue weighted by molar-refractivity contribution is 5.85. The van der Waals surface area contributed by atoms with Gasteiger partial charge in [-0.25, -0.2) is 0 Å². The van der Waals surface area contributed by atoms with Crippen LogP contribution < -0.4 is 5.73 Å². The molecule has 5 nitrogen and oxygen atoms in total. The summed E-state index contributed by atoms with van der Waals surface area (Å²) in [6.07, 6.45) is 8.86. The number of piperidine rings is 1. The average molecular weight is 375 g/mol. The normalized spacial score (nSPS) is 30.4. The molecule has 2 saturated carbocycles. The molecule has 6 heteroatoms. The highest BCUT2D eigenvalue weighted by Gasteiger charge is 2.56. The van der Waals surface area contributed by atoms with Gasteiger partial charge >= 0.3 is 0 Å². The van der Waals surface area contributed by atoms with Crippen molar-refractivity contribution in [2.75, 3.05) is 26.2 Å². The third kappa shape index (κ3) is 4.00. The topological polar surface area (TPSA) is 75.8 Å². The Kier molecular flexibility index (Phi) is 7.17. The minimum atomic E-state index is -0.264. The van der Waals surface area contributed by atoms with Gasteiger partial charge in [-0.15, -0.1) is 12.4 Å². The number of amides is 1. The van der Waals surface area contributed by atoms with Crippen molar-refractivity contribution in [3.05, 3.63) is 0 Å². The monoisotopic (exact) mass is 374 g/mol. The lowest BCUT2D eigenvalue weighted by Crippen LogP contribution is -2.62. The van der Waals surface area contributed by atoms with Crippen LogP contribution in [0.1, 0.15) is 64.7 Å². The van der Waals surface area contributed by atoms with Crippen LogP contribution in [-0.2, 0) is 9.53 Å². The van der Waals surface area contributed by atoms with Crippen molar-refractivity contribution >= 4 is 18.3 Å². The Morgan fingerprint density at radius 3 is 2.36 bits per heavy atom. The van der Waals surface area contributed by atoms with Crippen LogP contribution in [0.5, 0.6) is 0 Å². The molecule has 0 radical (unpaired) electrons. The molecule has 3 N–H and O–H groups in total. The van der Waals surface area contributed by atoms with Gasteiger partial charge in [0.15, 0.2) is 0 Å². The van der Waals surface area contributed by atoms with Crippen molar-refractivity contribution in [2.45, 2.75) is 76.9 Å². The van der Waals surface area contributed by atoms with Crippen LogP contribution in [0.2, 0.25) is 0 Å². The summed E-state index contributed by atoms with van der Waals surface area (Å²) < 4.78 is 5.81.